The van der Waals surface area contributed by atoms with Gasteiger partial charge in [0.25, 0.3) is 5.91 Å². The van der Waals surface area contributed by atoms with Crippen LogP contribution in [0.25, 0.3) is 0 Å². The fourth-order valence-corrected chi connectivity index (χ4v) is 2.33. The van der Waals surface area contributed by atoms with Crippen LogP contribution in [0.2, 0.25) is 0 Å². The molecular formula is C14H19BrClN3O2. The van der Waals surface area contributed by atoms with E-state index in [4.69, 9.17) is 0 Å². The zero-order valence-electron chi connectivity index (χ0n) is 11.5. The molecule has 0 spiro atoms. The smallest absolute Gasteiger partial charge is 0.251 e. The highest BCUT2D eigenvalue weighted by atomic mass is 79.9. The molecule has 1 fully saturated rings. The van der Waals surface area contributed by atoms with E-state index < -0.39 is 0 Å². The number of amides is 2. The van der Waals surface area contributed by atoms with Crippen LogP contribution in [0.3, 0.4) is 0 Å². The van der Waals surface area contributed by atoms with Gasteiger partial charge in [-0.15, -0.1) is 12.4 Å². The molecule has 21 heavy (non-hydrogen) atoms. The Morgan fingerprint density at radius 1 is 1.29 bits per heavy atom. The third kappa shape index (κ3) is 6.03. The normalized spacial score (nSPS) is 16.9. The van der Waals surface area contributed by atoms with Crippen molar-refractivity contribution in [2.75, 3.05) is 19.6 Å². The average molecular weight is 377 g/mol. The second-order valence-corrected chi connectivity index (χ2v) is 5.69. The first kappa shape index (κ1) is 17.9. The van der Waals surface area contributed by atoms with E-state index in [1.807, 2.05) is 12.1 Å². The van der Waals surface area contributed by atoms with Gasteiger partial charge in [-0.25, -0.2) is 0 Å². The lowest BCUT2D eigenvalue weighted by Crippen LogP contribution is -2.38. The van der Waals surface area contributed by atoms with Gasteiger partial charge in [-0.05, 0) is 37.2 Å². The number of hydrogen-bond donors (Lipinski definition) is 3. The summed E-state index contributed by atoms with van der Waals surface area (Å²) >= 11 is 3.32. The molecule has 0 saturated carbocycles. The molecule has 0 aliphatic carbocycles. The summed E-state index contributed by atoms with van der Waals surface area (Å²) in [4.78, 5) is 23.5. The molecule has 0 bridgehead atoms. The Kier molecular flexibility index (Phi) is 7.71. The van der Waals surface area contributed by atoms with E-state index in [-0.39, 0.29) is 30.3 Å². The summed E-state index contributed by atoms with van der Waals surface area (Å²) in [5.41, 5.74) is 0.591. The Hall–Kier alpha value is -1.11. The number of halogens is 2. The molecular weight excluding hydrogens is 358 g/mol. The maximum Gasteiger partial charge on any atom is 0.251 e. The summed E-state index contributed by atoms with van der Waals surface area (Å²) < 4.78 is 0.929. The van der Waals surface area contributed by atoms with Crippen LogP contribution in [0.15, 0.2) is 28.7 Å². The quantitative estimate of drug-likeness (QED) is 0.729. The van der Waals surface area contributed by atoms with Crippen LogP contribution in [-0.2, 0) is 4.79 Å². The maximum absolute atomic E-state index is 11.8. The Labute approximate surface area is 138 Å². The van der Waals surface area contributed by atoms with Crippen molar-refractivity contribution in [3.05, 3.63) is 34.3 Å². The molecule has 0 aromatic heterocycles. The van der Waals surface area contributed by atoms with Crippen LogP contribution in [0.5, 0.6) is 0 Å². The number of nitrogens with one attached hydrogen (secondary N) is 3. The second-order valence-electron chi connectivity index (χ2n) is 4.77. The van der Waals surface area contributed by atoms with E-state index in [1.54, 1.807) is 12.1 Å². The maximum atomic E-state index is 11.8. The first-order valence-corrected chi connectivity index (χ1v) is 7.48. The van der Waals surface area contributed by atoms with Crippen molar-refractivity contribution in [2.45, 2.75) is 18.9 Å². The minimum atomic E-state index is -0.159. The monoisotopic (exact) mass is 375 g/mol. The Bertz CT molecular complexity index is 476. The molecule has 1 saturated heterocycles. The van der Waals surface area contributed by atoms with Crippen molar-refractivity contribution in [2.24, 2.45) is 0 Å². The van der Waals surface area contributed by atoms with Crippen LogP contribution in [0.4, 0.5) is 0 Å². The lowest BCUT2D eigenvalue weighted by Gasteiger charge is -2.11. The summed E-state index contributed by atoms with van der Waals surface area (Å²) in [6, 6.07) is 7.33. The first-order valence-electron chi connectivity index (χ1n) is 6.69. The first-order chi connectivity index (χ1) is 9.65. The van der Waals surface area contributed by atoms with E-state index in [0.717, 1.165) is 24.0 Å². The SMILES string of the molecule is Cl.O=C(CCNC(=O)c1ccc(Br)cc1)NC1CCNC1. The van der Waals surface area contributed by atoms with E-state index in [1.165, 1.54) is 0 Å². The Morgan fingerprint density at radius 2 is 2.00 bits per heavy atom. The summed E-state index contributed by atoms with van der Waals surface area (Å²) in [5, 5.41) is 8.87. The Balaban J connectivity index is 0.00000220. The molecule has 1 aliphatic rings. The fourth-order valence-electron chi connectivity index (χ4n) is 2.07. The predicted molar refractivity (Wildman–Crippen MR) is 87.8 cm³/mol. The highest BCUT2D eigenvalue weighted by molar-refractivity contribution is 9.10. The van der Waals surface area contributed by atoms with Gasteiger partial charge in [0.1, 0.15) is 0 Å². The highest BCUT2D eigenvalue weighted by Crippen LogP contribution is 2.10. The van der Waals surface area contributed by atoms with Gasteiger partial charge >= 0.3 is 0 Å². The van der Waals surface area contributed by atoms with E-state index in [9.17, 15) is 9.59 Å². The number of carbonyl (C=O) groups excluding carboxylic acids is 2. The van der Waals surface area contributed by atoms with Gasteiger partial charge in [0, 0.05) is 35.6 Å². The van der Waals surface area contributed by atoms with Gasteiger partial charge in [0.2, 0.25) is 5.91 Å². The summed E-state index contributed by atoms with van der Waals surface area (Å²) in [6.07, 6.45) is 1.27. The second kappa shape index (κ2) is 9.02. The molecule has 1 aliphatic heterocycles. The molecule has 116 valence electrons. The molecule has 1 aromatic carbocycles. The topological polar surface area (TPSA) is 70.2 Å². The highest BCUT2D eigenvalue weighted by Gasteiger charge is 2.16. The van der Waals surface area contributed by atoms with E-state index in [0.29, 0.717) is 18.5 Å². The lowest BCUT2D eigenvalue weighted by atomic mass is 10.2. The third-order valence-corrected chi connectivity index (χ3v) is 3.70. The van der Waals surface area contributed by atoms with Gasteiger partial charge in [-0.3, -0.25) is 9.59 Å². The standard InChI is InChI=1S/C14H18BrN3O2.ClH/c15-11-3-1-10(2-4-11)14(20)17-8-6-13(19)18-12-5-7-16-9-12;/h1-4,12,16H,5-9H2,(H,17,20)(H,18,19);1H. The molecule has 1 unspecified atom stereocenters. The predicted octanol–water partition coefficient (Wildman–Crippen LogP) is 1.47. The molecule has 2 amide bonds. The third-order valence-electron chi connectivity index (χ3n) is 3.17. The van der Waals surface area contributed by atoms with Crippen LogP contribution in [0, 0.1) is 0 Å². The number of rotatable bonds is 5. The van der Waals surface area contributed by atoms with Crippen molar-refractivity contribution >= 4 is 40.2 Å². The van der Waals surface area contributed by atoms with Gasteiger partial charge < -0.3 is 16.0 Å². The van der Waals surface area contributed by atoms with Crippen molar-refractivity contribution < 1.29 is 9.59 Å². The van der Waals surface area contributed by atoms with Crippen LogP contribution in [-0.4, -0.2) is 37.5 Å². The zero-order chi connectivity index (χ0) is 14.4. The molecule has 0 radical (unpaired) electrons. The van der Waals surface area contributed by atoms with E-state index >= 15 is 0 Å². The van der Waals surface area contributed by atoms with E-state index in [2.05, 4.69) is 31.9 Å². The van der Waals surface area contributed by atoms with Gasteiger partial charge in [-0.2, -0.15) is 0 Å². The molecule has 7 heteroatoms. The average Bonchev–Trinajstić information content (AvgIpc) is 2.92. The number of carbonyl (C=O) groups is 2. The molecule has 2 rings (SSSR count). The van der Waals surface area contributed by atoms with Gasteiger partial charge in [0.05, 0.1) is 0 Å². The molecule has 5 nitrogen and oxygen atoms in total. The van der Waals surface area contributed by atoms with Crippen molar-refractivity contribution in [3.63, 3.8) is 0 Å². The summed E-state index contributed by atoms with van der Waals surface area (Å²) in [7, 11) is 0. The number of benzene rings is 1. The lowest BCUT2D eigenvalue weighted by molar-refractivity contribution is -0.121. The van der Waals surface area contributed by atoms with Crippen molar-refractivity contribution in [3.8, 4) is 0 Å². The summed E-state index contributed by atoms with van der Waals surface area (Å²) in [5.74, 6) is -0.178. The van der Waals surface area contributed by atoms with Crippen LogP contribution >= 0.6 is 28.3 Å². The largest absolute Gasteiger partial charge is 0.352 e. The minimum Gasteiger partial charge on any atom is -0.352 e. The molecule has 3 N–H and O–H groups in total. The fraction of sp³-hybridized carbons (Fsp3) is 0.429. The van der Waals surface area contributed by atoms with Crippen molar-refractivity contribution in [1.29, 1.82) is 0 Å². The summed E-state index contributed by atoms with van der Waals surface area (Å²) in [6.45, 7) is 2.13. The Morgan fingerprint density at radius 3 is 2.62 bits per heavy atom. The van der Waals surface area contributed by atoms with Gasteiger partial charge in [-0.1, -0.05) is 15.9 Å². The molecule has 1 heterocycles. The van der Waals surface area contributed by atoms with Crippen LogP contribution in [0.1, 0.15) is 23.2 Å². The van der Waals surface area contributed by atoms with Crippen LogP contribution < -0.4 is 16.0 Å². The molecule has 1 aromatic rings. The number of hydrogen-bond acceptors (Lipinski definition) is 3. The van der Waals surface area contributed by atoms with Crippen molar-refractivity contribution in [1.82, 2.24) is 16.0 Å². The molecule has 1 atom stereocenters. The minimum absolute atomic E-state index is 0. The zero-order valence-corrected chi connectivity index (χ0v) is 13.9. The van der Waals surface area contributed by atoms with Gasteiger partial charge in [0.15, 0.2) is 0 Å².